The third-order valence-electron chi connectivity index (χ3n) is 4.64. The largest absolute Gasteiger partial charge is 0.426 e. The summed E-state index contributed by atoms with van der Waals surface area (Å²) in [5, 5.41) is 0. The van der Waals surface area contributed by atoms with Gasteiger partial charge in [0.25, 0.3) is 0 Å². The Balaban J connectivity index is 1.81. The van der Waals surface area contributed by atoms with E-state index in [2.05, 4.69) is 12.2 Å². The van der Waals surface area contributed by atoms with Crippen LogP contribution in [0.1, 0.15) is 6.92 Å². The average molecular weight is 282 g/mol. The van der Waals surface area contributed by atoms with Gasteiger partial charge < -0.3 is 9.47 Å². The maximum Gasteiger partial charge on any atom is 0.319 e. The third kappa shape index (κ3) is 1.50. The van der Waals surface area contributed by atoms with Crippen molar-refractivity contribution < 1.29 is 19.1 Å². The minimum atomic E-state index is -0.563. The quantitative estimate of drug-likeness (QED) is 0.693. The highest BCUT2D eigenvalue weighted by Gasteiger charge is 2.76. The van der Waals surface area contributed by atoms with Crippen LogP contribution in [-0.4, -0.2) is 11.9 Å². The number of carbonyl (C=O) groups is 2. The normalized spacial score (nSPS) is 38.1. The van der Waals surface area contributed by atoms with Crippen LogP contribution in [0.4, 0.5) is 0 Å². The summed E-state index contributed by atoms with van der Waals surface area (Å²) in [5.74, 6) is 0.288. The first-order valence-corrected chi connectivity index (χ1v) is 7.00. The van der Waals surface area contributed by atoms with Crippen molar-refractivity contribution in [3.05, 3.63) is 60.1 Å². The summed E-state index contributed by atoms with van der Waals surface area (Å²) in [5.41, 5.74) is -0.563. The van der Waals surface area contributed by atoms with Crippen molar-refractivity contribution in [1.82, 2.24) is 0 Å². The minimum absolute atomic E-state index is 0.166. The number of fused-ring (bicyclic) bond motifs is 5. The summed E-state index contributed by atoms with van der Waals surface area (Å²) >= 11 is 0. The number of carbonyl (C=O) groups excluding carboxylic acids is 2. The van der Waals surface area contributed by atoms with Gasteiger partial charge in [-0.2, -0.15) is 0 Å². The van der Waals surface area contributed by atoms with Gasteiger partial charge in [-0.3, -0.25) is 9.59 Å². The van der Waals surface area contributed by atoms with Crippen LogP contribution in [-0.2, 0) is 19.1 Å². The lowest BCUT2D eigenvalue weighted by Gasteiger charge is -2.12. The molecule has 0 aromatic rings. The second kappa shape index (κ2) is 4.07. The molecule has 2 fully saturated rings. The van der Waals surface area contributed by atoms with Crippen LogP contribution < -0.4 is 0 Å². The first kappa shape index (κ1) is 12.4. The van der Waals surface area contributed by atoms with Crippen molar-refractivity contribution in [2.45, 2.75) is 6.92 Å². The Bertz CT molecular complexity index is 672. The highest BCUT2D eigenvalue weighted by Crippen LogP contribution is 2.71. The SMILES string of the molecule is CC(=O)OC1=C2OC(=O)C3([C@@H]2C=CC=C1)[C@H]1C=CC=C[C@@H]13. The number of ether oxygens (including phenoxy) is 2. The van der Waals surface area contributed by atoms with Crippen LogP contribution in [0.5, 0.6) is 0 Å². The molecular weight excluding hydrogens is 268 g/mol. The molecule has 0 aromatic carbocycles. The fourth-order valence-corrected chi connectivity index (χ4v) is 3.76. The molecule has 1 heterocycles. The molecule has 1 aliphatic heterocycles. The summed E-state index contributed by atoms with van der Waals surface area (Å²) in [6.45, 7) is 1.34. The van der Waals surface area contributed by atoms with E-state index < -0.39 is 11.4 Å². The van der Waals surface area contributed by atoms with Gasteiger partial charge in [0, 0.05) is 18.8 Å². The van der Waals surface area contributed by atoms with Gasteiger partial charge >= 0.3 is 11.9 Å². The molecule has 0 radical (unpaired) electrons. The highest BCUT2D eigenvalue weighted by molar-refractivity contribution is 5.88. The molecule has 4 heteroatoms. The van der Waals surface area contributed by atoms with E-state index in [0.29, 0.717) is 11.5 Å². The highest BCUT2D eigenvalue weighted by atomic mass is 16.6. The summed E-state index contributed by atoms with van der Waals surface area (Å²) in [6, 6.07) is 0. The topological polar surface area (TPSA) is 52.6 Å². The number of esters is 2. The monoisotopic (exact) mass is 282 g/mol. The van der Waals surface area contributed by atoms with Gasteiger partial charge in [-0.25, -0.2) is 0 Å². The van der Waals surface area contributed by atoms with Crippen molar-refractivity contribution in [3.8, 4) is 0 Å². The Hall–Kier alpha value is -2.36. The Labute approximate surface area is 122 Å². The van der Waals surface area contributed by atoms with Crippen molar-refractivity contribution >= 4 is 11.9 Å². The van der Waals surface area contributed by atoms with Gasteiger partial charge in [-0.15, -0.1) is 0 Å². The lowest BCUT2D eigenvalue weighted by atomic mass is 9.86. The number of hydrogen-bond donors (Lipinski definition) is 0. The van der Waals surface area contributed by atoms with Crippen LogP contribution >= 0.6 is 0 Å². The molecule has 4 rings (SSSR count). The summed E-state index contributed by atoms with van der Waals surface area (Å²) in [6.07, 6.45) is 15.4. The number of hydrogen-bond acceptors (Lipinski definition) is 4. The molecule has 0 unspecified atom stereocenters. The van der Waals surface area contributed by atoms with Gasteiger partial charge in [0.05, 0.1) is 11.3 Å². The number of rotatable bonds is 1. The fourth-order valence-electron chi connectivity index (χ4n) is 3.76. The molecule has 0 amide bonds. The lowest BCUT2D eigenvalue weighted by molar-refractivity contribution is -0.142. The Morgan fingerprint density at radius 2 is 1.81 bits per heavy atom. The summed E-state index contributed by atoms with van der Waals surface area (Å²) in [7, 11) is 0. The van der Waals surface area contributed by atoms with Crippen LogP contribution in [0.15, 0.2) is 60.1 Å². The van der Waals surface area contributed by atoms with E-state index in [4.69, 9.17) is 9.47 Å². The van der Waals surface area contributed by atoms with Gasteiger partial charge in [-0.1, -0.05) is 42.5 Å². The van der Waals surface area contributed by atoms with E-state index in [0.717, 1.165) is 0 Å². The van der Waals surface area contributed by atoms with Crippen LogP contribution in [0.25, 0.3) is 0 Å². The van der Waals surface area contributed by atoms with Crippen LogP contribution in [0.3, 0.4) is 0 Å². The van der Waals surface area contributed by atoms with Crippen LogP contribution in [0.2, 0.25) is 0 Å². The average Bonchev–Trinajstić information content (AvgIpc) is 3.08. The Kier molecular flexibility index (Phi) is 2.40. The smallest absolute Gasteiger partial charge is 0.319 e. The van der Waals surface area contributed by atoms with Crippen molar-refractivity contribution in [2.24, 2.45) is 23.2 Å². The van der Waals surface area contributed by atoms with Crippen molar-refractivity contribution in [1.29, 1.82) is 0 Å². The molecule has 3 atom stereocenters. The molecule has 4 aliphatic rings. The first-order chi connectivity index (χ1) is 10.2. The Morgan fingerprint density at radius 1 is 1.14 bits per heavy atom. The predicted octanol–water partition coefficient (Wildman–Crippen LogP) is 2.42. The second-order valence-electron chi connectivity index (χ2n) is 5.69. The fraction of sp³-hybridized carbons (Fsp3) is 0.294. The molecule has 3 aliphatic carbocycles. The first-order valence-electron chi connectivity index (χ1n) is 7.00. The predicted molar refractivity (Wildman–Crippen MR) is 74.3 cm³/mol. The zero-order valence-electron chi connectivity index (χ0n) is 11.5. The molecular formula is C17H14O4. The zero-order valence-corrected chi connectivity index (χ0v) is 11.5. The molecule has 1 saturated carbocycles. The minimum Gasteiger partial charge on any atom is -0.426 e. The second-order valence-corrected chi connectivity index (χ2v) is 5.69. The molecule has 0 aromatic heterocycles. The molecule has 1 spiro atoms. The lowest BCUT2D eigenvalue weighted by Crippen LogP contribution is -2.19. The van der Waals surface area contributed by atoms with E-state index in [1.54, 1.807) is 12.2 Å². The van der Waals surface area contributed by atoms with Crippen molar-refractivity contribution in [3.63, 3.8) is 0 Å². The molecule has 4 nitrogen and oxygen atoms in total. The maximum atomic E-state index is 12.5. The number of allylic oxidation sites excluding steroid dienone is 8. The van der Waals surface area contributed by atoms with E-state index >= 15 is 0 Å². The van der Waals surface area contributed by atoms with Gasteiger partial charge in [0.1, 0.15) is 0 Å². The third-order valence-corrected chi connectivity index (χ3v) is 4.64. The standard InChI is InChI=1S/C17H14O4/c1-10(18)20-14-9-5-4-8-13-15(14)21-16(19)17(13)11-6-2-3-7-12(11)17/h2-9,11-13H,1H3/t11-,12-,13+/m0/s1. The summed E-state index contributed by atoms with van der Waals surface area (Å²) < 4.78 is 10.7. The molecule has 0 bridgehead atoms. The van der Waals surface area contributed by atoms with E-state index in [9.17, 15) is 9.59 Å². The molecule has 1 saturated heterocycles. The maximum absolute atomic E-state index is 12.5. The van der Waals surface area contributed by atoms with E-state index in [1.807, 2.05) is 24.3 Å². The van der Waals surface area contributed by atoms with Gasteiger partial charge in [0.2, 0.25) is 0 Å². The molecule has 21 heavy (non-hydrogen) atoms. The molecule has 0 N–H and O–H groups in total. The van der Waals surface area contributed by atoms with Gasteiger partial charge in [0.15, 0.2) is 11.5 Å². The molecule has 106 valence electrons. The Morgan fingerprint density at radius 3 is 2.48 bits per heavy atom. The van der Waals surface area contributed by atoms with Crippen LogP contribution in [0, 0.1) is 23.2 Å². The van der Waals surface area contributed by atoms with E-state index in [-0.39, 0.29) is 23.7 Å². The van der Waals surface area contributed by atoms with Gasteiger partial charge in [-0.05, 0) is 6.08 Å². The zero-order chi connectivity index (χ0) is 14.6. The van der Waals surface area contributed by atoms with E-state index in [1.165, 1.54) is 6.92 Å². The van der Waals surface area contributed by atoms with Crippen molar-refractivity contribution in [2.75, 3.05) is 0 Å². The summed E-state index contributed by atoms with van der Waals surface area (Å²) in [4.78, 5) is 23.8.